The molecule has 0 saturated carbocycles. The summed E-state index contributed by atoms with van der Waals surface area (Å²) in [5.74, 6) is 0. The number of rotatable bonds is 5. The van der Waals surface area contributed by atoms with E-state index in [0.717, 1.165) is 22.9 Å². The molecule has 0 aliphatic carbocycles. The van der Waals surface area contributed by atoms with E-state index in [0.29, 0.717) is 0 Å². The Labute approximate surface area is 114 Å². The van der Waals surface area contributed by atoms with E-state index in [1.807, 2.05) is 13.1 Å². The van der Waals surface area contributed by atoms with Gasteiger partial charge in [-0.05, 0) is 37.1 Å². The van der Waals surface area contributed by atoms with Crippen molar-refractivity contribution in [3.63, 3.8) is 0 Å². The Morgan fingerprint density at radius 1 is 1.47 bits per heavy atom. The number of nitrogens with zero attached hydrogens (tertiary/aromatic N) is 2. The third-order valence-corrected chi connectivity index (χ3v) is 4.63. The maximum atomic E-state index is 5.99. The minimum atomic E-state index is 0.161. The molecule has 0 aliphatic heterocycles. The van der Waals surface area contributed by atoms with Gasteiger partial charge in [0.15, 0.2) is 0 Å². The average Bonchev–Trinajstić information content (AvgIpc) is 2.91. The number of aromatic nitrogens is 2. The Morgan fingerprint density at radius 3 is 2.88 bits per heavy atom. The van der Waals surface area contributed by atoms with Gasteiger partial charge in [0.2, 0.25) is 0 Å². The van der Waals surface area contributed by atoms with Crippen molar-refractivity contribution in [1.82, 2.24) is 14.9 Å². The van der Waals surface area contributed by atoms with E-state index in [4.69, 9.17) is 11.6 Å². The van der Waals surface area contributed by atoms with E-state index in [-0.39, 0.29) is 6.04 Å². The zero-order valence-electron chi connectivity index (χ0n) is 9.74. The van der Waals surface area contributed by atoms with E-state index in [1.54, 1.807) is 11.3 Å². The SMILES string of the molecule is CCCc1nnsc1C(NC)c1ccc(Cl)s1. The Morgan fingerprint density at radius 2 is 2.29 bits per heavy atom. The zero-order chi connectivity index (χ0) is 12.3. The van der Waals surface area contributed by atoms with Crippen LogP contribution in [-0.2, 0) is 6.42 Å². The van der Waals surface area contributed by atoms with Gasteiger partial charge in [0, 0.05) is 4.88 Å². The van der Waals surface area contributed by atoms with Crippen LogP contribution < -0.4 is 5.32 Å². The molecule has 1 atom stereocenters. The molecule has 0 amide bonds. The van der Waals surface area contributed by atoms with Crippen LogP contribution >= 0.6 is 34.5 Å². The molecule has 0 spiro atoms. The molecule has 3 nitrogen and oxygen atoms in total. The van der Waals surface area contributed by atoms with Crippen LogP contribution in [0.1, 0.15) is 34.8 Å². The van der Waals surface area contributed by atoms with Gasteiger partial charge in [-0.2, -0.15) is 0 Å². The third kappa shape index (κ3) is 2.85. The standard InChI is InChI=1S/C11H14ClN3S2/c1-3-4-7-11(17-15-14-7)10(13-2)8-5-6-9(12)16-8/h5-6,10,13H,3-4H2,1-2H3. The molecule has 0 saturated heterocycles. The van der Waals surface area contributed by atoms with Gasteiger partial charge in [-0.3, -0.25) is 0 Å². The van der Waals surface area contributed by atoms with Crippen LogP contribution in [-0.4, -0.2) is 16.6 Å². The van der Waals surface area contributed by atoms with Crippen LogP contribution in [0.2, 0.25) is 4.34 Å². The maximum Gasteiger partial charge on any atom is 0.0931 e. The second-order valence-electron chi connectivity index (χ2n) is 3.70. The summed E-state index contributed by atoms with van der Waals surface area (Å²) in [5.41, 5.74) is 1.10. The lowest BCUT2D eigenvalue weighted by atomic mass is 10.1. The quantitative estimate of drug-likeness (QED) is 0.914. The summed E-state index contributed by atoms with van der Waals surface area (Å²) in [6.45, 7) is 2.15. The second-order valence-corrected chi connectivity index (χ2v) is 6.23. The highest BCUT2D eigenvalue weighted by Gasteiger charge is 2.20. The van der Waals surface area contributed by atoms with Crippen molar-refractivity contribution < 1.29 is 0 Å². The Hall–Kier alpha value is -0.490. The number of aryl methyl sites for hydroxylation is 1. The highest BCUT2D eigenvalue weighted by Crippen LogP contribution is 2.33. The fourth-order valence-electron chi connectivity index (χ4n) is 1.73. The van der Waals surface area contributed by atoms with Crippen molar-refractivity contribution in [2.75, 3.05) is 7.05 Å². The first-order chi connectivity index (χ1) is 8.26. The number of halogens is 1. The highest BCUT2D eigenvalue weighted by atomic mass is 35.5. The van der Waals surface area contributed by atoms with Gasteiger partial charge in [-0.1, -0.05) is 29.4 Å². The first-order valence-corrected chi connectivity index (χ1v) is 7.46. The predicted molar refractivity (Wildman–Crippen MR) is 74.1 cm³/mol. The minimum Gasteiger partial charge on any atom is -0.308 e. The summed E-state index contributed by atoms with van der Waals surface area (Å²) in [4.78, 5) is 2.41. The van der Waals surface area contributed by atoms with Crippen molar-refractivity contribution in [1.29, 1.82) is 0 Å². The Kier molecular flexibility index (Phi) is 4.50. The lowest BCUT2D eigenvalue weighted by Gasteiger charge is -2.13. The van der Waals surface area contributed by atoms with E-state index in [1.165, 1.54) is 21.3 Å². The Balaban J connectivity index is 2.31. The molecule has 0 fully saturated rings. The molecule has 17 heavy (non-hydrogen) atoms. The monoisotopic (exact) mass is 287 g/mol. The molecule has 1 N–H and O–H groups in total. The van der Waals surface area contributed by atoms with Crippen LogP contribution in [0.15, 0.2) is 12.1 Å². The minimum absolute atomic E-state index is 0.161. The van der Waals surface area contributed by atoms with E-state index in [9.17, 15) is 0 Å². The molecule has 2 rings (SSSR count). The van der Waals surface area contributed by atoms with Gasteiger partial charge in [-0.15, -0.1) is 16.4 Å². The van der Waals surface area contributed by atoms with Crippen LogP contribution in [0.25, 0.3) is 0 Å². The average molecular weight is 288 g/mol. The van der Waals surface area contributed by atoms with Gasteiger partial charge < -0.3 is 5.32 Å². The van der Waals surface area contributed by atoms with E-state index >= 15 is 0 Å². The fraction of sp³-hybridized carbons (Fsp3) is 0.455. The lowest BCUT2D eigenvalue weighted by Crippen LogP contribution is -2.16. The van der Waals surface area contributed by atoms with Crippen LogP contribution in [0.5, 0.6) is 0 Å². The molecule has 0 bridgehead atoms. The molecule has 6 heteroatoms. The molecule has 92 valence electrons. The van der Waals surface area contributed by atoms with Crippen molar-refractivity contribution in [3.8, 4) is 0 Å². The van der Waals surface area contributed by atoms with Crippen LogP contribution in [0.4, 0.5) is 0 Å². The van der Waals surface area contributed by atoms with E-state index in [2.05, 4.69) is 27.9 Å². The number of thiophene rings is 1. The van der Waals surface area contributed by atoms with Crippen LogP contribution in [0, 0.1) is 0 Å². The first-order valence-electron chi connectivity index (χ1n) is 5.49. The zero-order valence-corrected chi connectivity index (χ0v) is 12.1. The molecule has 0 radical (unpaired) electrons. The van der Waals surface area contributed by atoms with Crippen LogP contribution in [0.3, 0.4) is 0 Å². The summed E-state index contributed by atoms with van der Waals surface area (Å²) in [5, 5.41) is 7.52. The van der Waals surface area contributed by atoms with Gasteiger partial charge in [0.1, 0.15) is 0 Å². The highest BCUT2D eigenvalue weighted by molar-refractivity contribution is 7.16. The molecule has 0 aromatic carbocycles. The molecule has 2 heterocycles. The fourth-order valence-corrected chi connectivity index (χ4v) is 3.81. The smallest absolute Gasteiger partial charge is 0.0931 e. The normalized spacial score (nSPS) is 12.9. The molecule has 2 aromatic rings. The molecule has 0 aliphatic rings. The Bertz CT molecular complexity index is 481. The summed E-state index contributed by atoms with van der Waals surface area (Å²) in [7, 11) is 1.95. The van der Waals surface area contributed by atoms with Crippen molar-refractivity contribution >= 4 is 34.5 Å². The van der Waals surface area contributed by atoms with Crippen molar-refractivity contribution in [2.24, 2.45) is 0 Å². The summed E-state index contributed by atoms with van der Waals surface area (Å²) >= 11 is 9.05. The van der Waals surface area contributed by atoms with Crippen molar-refractivity contribution in [2.45, 2.75) is 25.8 Å². The second kappa shape index (κ2) is 5.91. The maximum absolute atomic E-state index is 5.99. The first kappa shape index (κ1) is 13.0. The summed E-state index contributed by atoms with van der Waals surface area (Å²) < 4.78 is 4.88. The van der Waals surface area contributed by atoms with Gasteiger partial charge in [0.25, 0.3) is 0 Å². The van der Waals surface area contributed by atoms with Gasteiger partial charge in [-0.25, -0.2) is 0 Å². The number of hydrogen-bond acceptors (Lipinski definition) is 5. The predicted octanol–water partition coefficient (Wildman–Crippen LogP) is 3.51. The summed E-state index contributed by atoms with van der Waals surface area (Å²) in [6.07, 6.45) is 2.06. The largest absolute Gasteiger partial charge is 0.308 e. The number of nitrogens with one attached hydrogen (secondary N) is 1. The van der Waals surface area contributed by atoms with Gasteiger partial charge in [0.05, 0.1) is 20.9 Å². The number of hydrogen-bond donors (Lipinski definition) is 1. The molecular formula is C11H14ClN3S2. The van der Waals surface area contributed by atoms with Gasteiger partial charge >= 0.3 is 0 Å². The van der Waals surface area contributed by atoms with Crippen molar-refractivity contribution in [3.05, 3.63) is 31.9 Å². The molecule has 1 unspecified atom stereocenters. The van der Waals surface area contributed by atoms with E-state index < -0.39 is 0 Å². The summed E-state index contributed by atoms with van der Waals surface area (Å²) in [6, 6.07) is 4.15. The molecule has 2 aromatic heterocycles. The topological polar surface area (TPSA) is 37.8 Å². The lowest BCUT2D eigenvalue weighted by molar-refractivity contribution is 0.699. The molecular weight excluding hydrogens is 274 g/mol. The third-order valence-electron chi connectivity index (χ3n) is 2.50.